The smallest absolute Gasteiger partial charge is 0.246 e. The molecule has 5 rings (SSSR count). The Labute approximate surface area is 195 Å². The van der Waals surface area contributed by atoms with Gasteiger partial charge in [0.2, 0.25) is 18.6 Å². The van der Waals surface area contributed by atoms with Crippen molar-refractivity contribution in [1.82, 2.24) is 9.88 Å². The van der Waals surface area contributed by atoms with Crippen LogP contribution in [0.5, 0.6) is 11.5 Å². The van der Waals surface area contributed by atoms with E-state index in [2.05, 4.69) is 10.3 Å². The Morgan fingerprint density at radius 3 is 2.67 bits per heavy atom. The Kier molecular flexibility index (Phi) is 6.08. The highest BCUT2D eigenvalue weighted by Crippen LogP contribution is 2.36. The molecule has 3 aromatic rings. The fourth-order valence-electron chi connectivity index (χ4n) is 3.93. The van der Waals surface area contributed by atoms with Crippen molar-refractivity contribution in [3.05, 3.63) is 65.6 Å². The van der Waals surface area contributed by atoms with Crippen molar-refractivity contribution >= 4 is 34.4 Å². The van der Waals surface area contributed by atoms with Gasteiger partial charge in [0.15, 0.2) is 16.6 Å². The van der Waals surface area contributed by atoms with Gasteiger partial charge in [-0.3, -0.25) is 9.59 Å². The highest BCUT2D eigenvalue weighted by molar-refractivity contribution is 7.14. The van der Waals surface area contributed by atoms with Crippen molar-refractivity contribution < 1.29 is 19.1 Å². The molecule has 1 aromatic heterocycles. The maximum absolute atomic E-state index is 12.8. The topological polar surface area (TPSA) is 80.8 Å². The van der Waals surface area contributed by atoms with Crippen LogP contribution in [0.2, 0.25) is 0 Å². The number of aromatic nitrogens is 1. The second-order valence-electron chi connectivity index (χ2n) is 7.94. The van der Waals surface area contributed by atoms with Crippen LogP contribution in [0.25, 0.3) is 17.3 Å². The Balaban J connectivity index is 1.14. The van der Waals surface area contributed by atoms with Gasteiger partial charge in [0, 0.05) is 36.0 Å². The number of thiazole rings is 1. The summed E-state index contributed by atoms with van der Waals surface area (Å²) in [7, 11) is 0. The number of piperidine rings is 1. The first-order valence-electron chi connectivity index (χ1n) is 10.8. The van der Waals surface area contributed by atoms with Gasteiger partial charge in [-0.05, 0) is 42.7 Å². The van der Waals surface area contributed by atoms with E-state index in [-0.39, 0.29) is 24.5 Å². The maximum Gasteiger partial charge on any atom is 0.246 e. The maximum atomic E-state index is 12.8. The Morgan fingerprint density at radius 1 is 1.06 bits per heavy atom. The predicted molar refractivity (Wildman–Crippen MR) is 127 cm³/mol. The van der Waals surface area contributed by atoms with Gasteiger partial charge < -0.3 is 19.7 Å². The molecule has 0 aliphatic carbocycles. The van der Waals surface area contributed by atoms with Gasteiger partial charge in [-0.25, -0.2) is 4.98 Å². The minimum Gasteiger partial charge on any atom is -0.454 e. The third-order valence-corrected chi connectivity index (χ3v) is 6.56. The number of nitrogens with one attached hydrogen (secondary N) is 1. The number of carbonyl (C=O) groups excluding carboxylic acids is 2. The number of hydrogen-bond donors (Lipinski definition) is 1. The van der Waals surface area contributed by atoms with Gasteiger partial charge in [-0.15, -0.1) is 11.3 Å². The largest absolute Gasteiger partial charge is 0.454 e. The molecule has 8 heteroatoms. The van der Waals surface area contributed by atoms with Gasteiger partial charge >= 0.3 is 0 Å². The third kappa shape index (κ3) is 4.90. The highest BCUT2D eigenvalue weighted by atomic mass is 32.1. The van der Waals surface area contributed by atoms with E-state index in [4.69, 9.17) is 9.47 Å². The van der Waals surface area contributed by atoms with E-state index in [1.54, 1.807) is 11.0 Å². The Morgan fingerprint density at radius 2 is 1.85 bits per heavy atom. The average Bonchev–Trinajstić information content (AvgIpc) is 3.52. The molecule has 2 aliphatic rings. The first-order valence-corrected chi connectivity index (χ1v) is 11.7. The van der Waals surface area contributed by atoms with E-state index in [1.165, 1.54) is 11.3 Å². The minimum atomic E-state index is -0.134. The summed E-state index contributed by atoms with van der Waals surface area (Å²) in [5.74, 6) is 1.22. The monoisotopic (exact) mass is 461 g/mol. The van der Waals surface area contributed by atoms with Crippen molar-refractivity contribution in [2.45, 2.75) is 12.8 Å². The molecule has 168 valence electrons. The zero-order chi connectivity index (χ0) is 22.6. The van der Waals surface area contributed by atoms with Gasteiger partial charge in [-0.2, -0.15) is 0 Å². The lowest BCUT2D eigenvalue weighted by Gasteiger charge is -2.30. The number of hydrogen-bond acceptors (Lipinski definition) is 6. The van der Waals surface area contributed by atoms with E-state index in [9.17, 15) is 9.59 Å². The van der Waals surface area contributed by atoms with Gasteiger partial charge in [0.25, 0.3) is 0 Å². The molecule has 0 spiro atoms. The molecule has 0 saturated carbocycles. The first-order chi connectivity index (χ1) is 16.2. The lowest BCUT2D eigenvalue weighted by Crippen LogP contribution is -2.40. The summed E-state index contributed by atoms with van der Waals surface area (Å²) < 4.78 is 10.8. The Bertz CT molecular complexity index is 1180. The van der Waals surface area contributed by atoms with Crippen molar-refractivity contribution in [3.8, 4) is 22.8 Å². The van der Waals surface area contributed by atoms with Crippen LogP contribution in [-0.2, 0) is 9.59 Å². The van der Waals surface area contributed by atoms with Crippen molar-refractivity contribution in [2.24, 2.45) is 5.92 Å². The van der Waals surface area contributed by atoms with Crippen LogP contribution >= 0.6 is 11.3 Å². The van der Waals surface area contributed by atoms with Crippen molar-refractivity contribution in [3.63, 3.8) is 0 Å². The second-order valence-corrected chi connectivity index (χ2v) is 8.80. The number of fused-ring (bicyclic) bond motifs is 1. The molecule has 33 heavy (non-hydrogen) atoms. The Hall–Kier alpha value is -3.65. The second kappa shape index (κ2) is 9.46. The van der Waals surface area contributed by atoms with Gasteiger partial charge in [-0.1, -0.05) is 30.3 Å². The van der Waals surface area contributed by atoms with E-state index in [0.29, 0.717) is 36.8 Å². The van der Waals surface area contributed by atoms with Crippen LogP contribution in [0.15, 0.2) is 60.0 Å². The molecular formula is C25H23N3O4S. The van der Waals surface area contributed by atoms with Gasteiger partial charge in [0.1, 0.15) is 0 Å². The van der Waals surface area contributed by atoms with E-state index < -0.39 is 0 Å². The van der Waals surface area contributed by atoms with Crippen LogP contribution in [0.4, 0.5) is 5.13 Å². The molecule has 1 saturated heterocycles. The number of nitrogens with zero attached hydrogens (tertiary/aromatic N) is 2. The first kappa shape index (κ1) is 21.2. The SMILES string of the molecule is O=C(Nc1nc(-c2ccc3c(c2)OCO3)cs1)C1CCN(C(=O)/C=C/c2ccccc2)CC1. The lowest BCUT2D eigenvalue weighted by atomic mass is 9.96. The fourth-order valence-corrected chi connectivity index (χ4v) is 4.65. The summed E-state index contributed by atoms with van der Waals surface area (Å²) in [5.41, 5.74) is 2.68. The zero-order valence-corrected chi connectivity index (χ0v) is 18.7. The molecule has 1 N–H and O–H groups in total. The molecule has 0 atom stereocenters. The molecule has 0 radical (unpaired) electrons. The number of rotatable bonds is 5. The third-order valence-electron chi connectivity index (χ3n) is 5.80. The predicted octanol–water partition coefficient (Wildman–Crippen LogP) is 4.43. The number of anilines is 1. The summed E-state index contributed by atoms with van der Waals surface area (Å²) in [4.78, 5) is 31.6. The van der Waals surface area contributed by atoms with E-state index in [1.807, 2.05) is 60.0 Å². The van der Waals surface area contributed by atoms with E-state index >= 15 is 0 Å². The molecule has 0 unspecified atom stereocenters. The number of ether oxygens (including phenoxy) is 2. The molecular weight excluding hydrogens is 438 g/mol. The molecule has 7 nitrogen and oxygen atoms in total. The number of carbonyl (C=O) groups is 2. The quantitative estimate of drug-likeness (QED) is 0.569. The standard InChI is InChI=1S/C25H23N3O4S/c29-23(9-6-17-4-2-1-3-5-17)28-12-10-18(11-13-28)24(30)27-25-26-20(15-33-25)19-7-8-21-22(14-19)32-16-31-21/h1-9,14-15,18H,10-13,16H2,(H,26,27,30)/b9-6+. The van der Waals surface area contributed by atoms with Crippen LogP contribution < -0.4 is 14.8 Å². The average molecular weight is 462 g/mol. The molecule has 3 heterocycles. The van der Waals surface area contributed by atoms with Crippen molar-refractivity contribution in [1.29, 1.82) is 0 Å². The summed E-state index contributed by atoms with van der Waals surface area (Å²) in [6.07, 6.45) is 4.69. The molecule has 1 fully saturated rings. The fraction of sp³-hybridized carbons (Fsp3) is 0.240. The summed E-state index contributed by atoms with van der Waals surface area (Å²) in [6, 6.07) is 15.4. The van der Waals surface area contributed by atoms with Crippen molar-refractivity contribution in [2.75, 3.05) is 25.2 Å². The minimum absolute atomic E-state index is 0.0222. The van der Waals surface area contributed by atoms with Crippen LogP contribution in [0.1, 0.15) is 18.4 Å². The van der Waals surface area contributed by atoms with Crippen LogP contribution in [0, 0.1) is 5.92 Å². The summed E-state index contributed by atoms with van der Waals surface area (Å²) >= 11 is 1.39. The molecule has 2 aromatic carbocycles. The number of amides is 2. The van der Waals surface area contributed by atoms with Crippen LogP contribution in [0.3, 0.4) is 0 Å². The molecule has 0 bridgehead atoms. The lowest BCUT2D eigenvalue weighted by molar-refractivity contribution is -0.130. The summed E-state index contributed by atoms with van der Waals surface area (Å²) in [5, 5.41) is 5.42. The van der Waals surface area contributed by atoms with Crippen LogP contribution in [-0.4, -0.2) is 41.6 Å². The highest BCUT2D eigenvalue weighted by Gasteiger charge is 2.27. The molecule has 2 amide bonds. The normalized spacial score (nSPS) is 15.7. The summed E-state index contributed by atoms with van der Waals surface area (Å²) in [6.45, 7) is 1.36. The van der Waals surface area contributed by atoms with E-state index in [0.717, 1.165) is 22.6 Å². The molecule has 2 aliphatic heterocycles. The number of benzene rings is 2. The van der Waals surface area contributed by atoms with Gasteiger partial charge in [0.05, 0.1) is 5.69 Å². The zero-order valence-electron chi connectivity index (χ0n) is 17.9. The number of likely N-dealkylation sites (tertiary alicyclic amines) is 1.